The third-order valence-corrected chi connectivity index (χ3v) is 5.65. The van der Waals surface area contributed by atoms with Gasteiger partial charge in [-0.25, -0.2) is 13.4 Å². The highest BCUT2D eigenvalue weighted by Crippen LogP contribution is 2.27. The molecule has 0 saturated carbocycles. The second kappa shape index (κ2) is 7.27. The molecule has 2 aromatic rings. The van der Waals surface area contributed by atoms with E-state index < -0.39 is 9.84 Å². The summed E-state index contributed by atoms with van der Waals surface area (Å²) in [6, 6.07) is 13.1. The number of benzene rings is 2. The highest BCUT2D eigenvalue weighted by molar-refractivity contribution is 7.90. The van der Waals surface area contributed by atoms with Crippen LogP contribution in [0.15, 0.2) is 52.4 Å². The number of rotatable bonds is 4. The molecule has 0 heterocycles. The summed E-state index contributed by atoms with van der Waals surface area (Å²) in [5, 5.41) is 3.18. The van der Waals surface area contributed by atoms with E-state index in [0.29, 0.717) is 16.4 Å². The molecule has 0 spiro atoms. The van der Waals surface area contributed by atoms with Gasteiger partial charge in [0, 0.05) is 11.9 Å². The zero-order valence-corrected chi connectivity index (χ0v) is 15.1. The van der Waals surface area contributed by atoms with Crippen molar-refractivity contribution in [2.45, 2.75) is 37.1 Å². The number of nitrogens with zero attached hydrogens (tertiary/aromatic N) is 1. The fourth-order valence-corrected chi connectivity index (χ4v) is 4.18. The number of guanidine groups is 1. The number of hydrogen-bond donors (Lipinski definition) is 2. The summed E-state index contributed by atoms with van der Waals surface area (Å²) in [5.74, 6) is 0.294. The van der Waals surface area contributed by atoms with Crippen LogP contribution >= 0.6 is 0 Å². The Kier molecular flexibility index (Phi) is 5.08. The van der Waals surface area contributed by atoms with Crippen LogP contribution < -0.4 is 11.1 Å². The van der Waals surface area contributed by atoms with E-state index in [2.05, 4.69) is 16.4 Å². The van der Waals surface area contributed by atoms with Crippen LogP contribution in [0.3, 0.4) is 0 Å². The van der Waals surface area contributed by atoms with Crippen molar-refractivity contribution in [3.05, 3.63) is 59.2 Å². The van der Waals surface area contributed by atoms with Crippen LogP contribution in [0.4, 0.5) is 5.69 Å². The summed E-state index contributed by atoms with van der Waals surface area (Å²) in [7, 11) is -3.28. The third kappa shape index (κ3) is 4.20. The molecule has 0 aromatic heterocycles. The Labute approximate surface area is 148 Å². The lowest BCUT2D eigenvalue weighted by molar-refractivity contribution is 0.600. The number of sulfone groups is 1. The first-order chi connectivity index (χ1) is 11.9. The van der Waals surface area contributed by atoms with Crippen LogP contribution in [0.5, 0.6) is 0 Å². The Bertz CT molecular complexity index is 905. The average molecular weight is 357 g/mol. The van der Waals surface area contributed by atoms with E-state index in [-0.39, 0.29) is 6.54 Å². The lowest BCUT2D eigenvalue weighted by Crippen LogP contribution is -2.24. The minimum atomic E-state index is -3.28. The van der Waals surface area contributed by atoms with E-state index >= 15 is 0 Å². The van der Waals surface area contributed by atoms with Crippen LogP contribution in [-0.4, -0.2) is 20.6 Å². The molecule has 2 aromatic carbocycles. The van der Waals surface area contributed by atoms with Gasteiger partial charge in [-0.15, -0.1) is 0 Å². The van der Waals surface area contributed by atoms with E-state index in [1.54, 1.807) is 24.3 Å². The highest BCUT2D eigenvalue weighted by Gasteiger charge is 2.14. The second-order valence-electron chi connectivity index (χ2n) is 6.36. The van der Waals surface area contributed by atoms with Crippen molar-refractivity contribution in [3.8, 4) is 0 Å². The molecule has 6 heteroatoms. The van der Waals surface area contributed by atoms with Crippen molar-refractivity contribution >= 4 is 21.5 Å². The van der Waals surface area contributed by atoms with Gasteiger partial charge in [-0.1, -0.05) is 30.3 Å². The molecule has 0 radical (unpaired) electrons. The van der Waals surface area contributed by atoms with Crippen LogP contribution in [0.25, 0.3) is 0 Å². The number of anilines is 1. The molecule has 132 valence electrons. The van der Waals surface area contributed by atoms with Crippen LogP contribution in [0, 0.1) is 0 Å². The second-order valence-corrected chi connectivity index (χ2v) is 8.34. The van der Waals surface area contributed by atoms with Crippen molar-refractivity contribution in [1.29, 1.82) is 0 Å². The van der Waals surface area contributed by atoms with Crippen molar-refractivity contribution in [2.24, 2.45) is 10.7 Å². The number of nitrogens with one attached hydrogen (secondary N) is 1. The normalized spacial score (nSPS) is 14.8. The molecular formula is C19H23N3O2S. The molecule has 0 fully saturated rings. The third-order valence-electron chi connectivity index (χ3n) is 4.45. The summed E-state index contributed by atoms with van der Waals surface area (Å²) in [5.41, 5.74) is 10.3. The molecular weight excluding hydrogens is 334 g/mol. The molecule has 25 heavy (non-hydrogen) atoms. The lowest BCUT2D eigenvalue weighted by Gasteiger charge is -2.19. The van der Waals surface area contributed by atoms with Gasteiger partial charge in [0.25, 0.3) is 0 Å². The predicted octanol–water partition coefficient (Wildman–Crippen LogP) is 2.90. The van der Waals surface area contributed by atoms with Crippen molar-refractivity contribution in [3.63, 3.8) is 0 Å². The topological polar surface area (TPSA) is 84.5 Å². The first-order valence-corrected chi connectivity index (χ1v) is 10.3. The van der Waals surface area contributed by atoms with E-state index in [1.165, 1.54) is 30.2 Å². The monoisotopic (exact) mass is 357 g/mol. The summed E-state index contributed by atoms with van der Waals surface area (Å²) in [6.45, 7) is 0.219. The Balaban J connectivity index is 1.78. The fraction of sp³-hybridized carbons (Fsp3) is 0.316. The zero-order chi connectivity index (χ0) is 17.9. The quantitative estimate of drug-likeness (QED) is 0.651. The molecule has 3 rings (SSSR count). The Morgan fingerprint density at radius 2 is 1.88 bits per heavy atom. The average Bonchev–Trinajstić information content (AvgIpc) is 2.60. The SMILES string of the molecule is CS(=O)(=O)c1ccccc1CN=C(N)Nc1cccc2c1CCCC2. The minimum absolute atomic E-state index is 0.219. The van der Waals surface area contributed by atoms with E-state index in [1.807, 2.05) is 12.1 Å². The number of aryl methyl sites for hydroxylation is 1. The number of aliphatic imine (C=N–C) groups is 1. The van der Waals surface area contributed by atoms with Gasteiger partial charge < -0.3 is 11.1 Å². The van der Waals surface area contributed by atoms with E-state index in [0.717, 1.165) is 18.5 Å². The van der Waals surface area contributed by atoms with Gasteiger partial charge >= 0.3 is 0 Å². The molecule has 1 aliphatic carbocycles. The Hall–Kier alpha value is -2.34. The molecule has 3 N–H and O–H groups in total. The molecule has 0 aliphatic heterocycles. The summed E-state index contributed by atoms with van der Waals surface area (Å²) in [6.07, 6.45) is 5.76. The molecule has 0 amide bonds. The summed E-state index contributed by atoms with van der Waals surface area (Å²) < 4.78 is 23.7. The van der Waals surface area contributed by atoms with Gasteiger partial charge in [0.2, 0.25) is 0 Å². The Morgan fingerprint density at radius 3 is 2.68 bits per heavy atom. The highest BCUT2D eigenvalue weighted by atomic mass is 32.2. The predicted molar refractivity (Wildman–Crippen MR) is 102 cm³/mol. The molecule has 5 nitrogen and oxygen atoms in total. The maximum absolute atomic E-state index is 11.9. The number of nitrogens with two attached hydrogens (primary N) is 1. The molecule has 0 bridgehead atoms. The van der Waals surface area contributed by atoms with Crippen molar-refractivity contribution in [2.75, 3.05) is 11.6 Å². The molecule has 0 saturated heterocycles. The zero-order valence-electron chi connectivity index (χ0n) is 14.3. The van der Waals surface area contributed by atoms with Gasteiger partial charge in [-0.3, -0.25) is 0 Å². The van der Waals surface area contributed by atoms with Gasteiger partial charge in [0.15, 0.2) is 15.8 Å². The maximum atomic E-state index is 11.9. The Morgan fingerprint density at radius 1 is 1.12 bits per heavy atom. The number of fused-ring (bicyclic) bond motifs is 1. The largest absolute Gasteiger partial charge is 0.370 e. The van der Waals surface area contributed by atoms with Crippen molar-refractivity contribution < 1.29 is 8.42 Å². The first-order valence-electron chi connectivity index (χ1n) is 8.41. The van der Waals surface area contributed by atoms with Crippen LogP contribution in [-0.2, 0) is 29.2 Å². The smallest absolute Gasteiger partial charge is 0.193 e. The van der Waals surface area contributed by atoms with E-state index in [4.69, 9.17) is 5.73 Å². The lowest BCUT2D eigenvalue weighted by atomic mass is 9.90. The fourth-order valence-electron chi connectivity index (χ4n) is 3.24. The summed E-state index contributed by atoms with van der Waals surface area (Å²) in [4.78, 5) is 4.63. The number of hydrogen-bond acceptors (Lipinski definition) is 3. The van der Waals surface area contributed by atoms with Crippen molar-refractivity contribution in [1.82, 2.24) is 0 Å². The molecule has 0 atom stereocenters. The van der Waals surface area contributed by atoms with Gasteiger partial charge in [-0.2, -0.15) is 0 Å². The van der Waals surface area contributed by atoms with Gasteiger partial charge in [0.1, 0.15) is 0 Å². The molecule has 1 aliphatic rings. The maximum Gasteiger partial charge on any atom is 0.193 e. The first kappa shape index (κ1) is 17.5. The van der Waals surface area contributed by atoms with Gasteiger partial charge in [0.05, 0.1) is 11.4 Å². The summed E-state index contributed by atoms with van der Waals surface area (Å²) >= 11 is 0. The molecule has 0 unspecified atom stereocenters. The van der Waals surface area contributed by atoms with E-state index in [9.17, 15) is 8.42 Å². The van der Waals surface area contributed by atoms with Gasteiger partial charge in [-0.05, 0) is 54.5 Å². The minimum Gasteiger partial charge on any atom is -0.370 e. The van der Waals surface area contributed by atoms with Crippen LogP contribution in [0.1, 0.15) is 29.5 Å². The standard InChI is InChI=1S/C19H23N3O2S/c1-25(23,24)18-12-5-3-8-15(18)13-21-19(20)22-17-11-6-9-14-7-2-4-10-16(14)17/h3,5-6,8-9,11-12H,2,4,7,10,13H2,1H3,(H3,20,21,22). The van der Waals surface area contributed by atoms with Crippen LogP contribution in [0.2, 0.25) is 0 Å².